The number of benzene rings is 2. The molecular weight excluding hydrogens is 436 g/mol. The largest absolute Gasteiger partial charge is 0.489 e. The second-order valence-electron chi connectivity index (χ2n) is 7.04. The lowest BCUT2D eigenvalue weighted by Crippen LogP contribution is -2.14. The van der Waals surface area contributed by atoms with Crippen LogP contribution in [-0.4, -0.2) is 49.5 Å². The van der Waals surface area contributed by atoms with Gasteiger partial charge in [-0.05, 0) is 49.4 Å². The summed E-state index contributed by atoms with van der Waals surface area (Å²) in [5.74, 6) is 1.19. The maximum absolute atomic E-state index is 11.4. The molecule has 0 unspecified atom stereocenters. The lowest BCUT2D eigenvalue weighted by Gasteiger charge is -2.11. The van der Waals surface area contributed by atoms with Crippen molar-refractivity contribution in [3.05, 3.63) is 47.5 Å². The van der Waals surface area contributed by atoms with Crippen molar-refractivity contribution in [2.45, 2.75) is 26.5 Å². The van der Waals surface area contributed by atoms with Crippen LogP contribution in [0.5, 0.6) is 5.75 Å². The molecule has 0 amide bonds. The number of aromatic nitrogens is 6. The van der Waals surface area contributed by atoms with Gasteiger partial charge in [-0.15, -0.1) is 10.2 Å². The van der Waals surface area contributed by atoms with Gasteiger partial charge in [-0.1, -0.05) is 28.9 Å². The SMILES string of the molecule is COC(=O)Cn1nnc(-c2cccc(-c3nc(-c4ccc(OC(C)C)c(Cl)c4)no3)c2)n1. The number of hydrogen-bond donors (Lipinski definition) is 0. The van der Waals surface area contributed by atoms with Crippen molar-refractivity contribution < 1.29 is 18.8 Å². The summed E-state index contributed by atoms with van der Waals surface area (Å²) in [6.07, 6.45) is 0.0129. The Labute approximate surface area is 188 Å². The number of halogens is 1. The lowest BCUT2D eigenvalue weighted by molar-refractivity contribution is -0.141. The predicted octanol–water partition coefficient (Wildman–Crippen LogP) is 3.67. The number of carbonyl (C=O) groups is 1. The zero-order valence-corrected chi connectivity index (χ0v) is 18.3. The van der Waals surface area contributed by atoms with Gasteiger partial charge in [0.05, 0.1) is 18.2 Å². The third kappa shape index (κ3) is 4.75. The van der Waals surface area contributed by atoms with E-state index in [0.29, 0.717) is 45.0 Å². The summed E-state index contributed by atoms with van der Waals surface area (Å²) >= 11 is 6.32. The number of ether oxygens (including phenoxy) is 2. The molecule has 0 radical (unpaired) electrons. The molecule has 164 valence electrons. The Morgan fingerprint density at radius 2 is 1.91 bits per heavy atom. The number of rotatable bonds is 7. The molecule has 0 fully saturated rings. The van der Waals surface area contributed by atoms with E-state index < -0.39 is 5.97 Å². The molecule has 2 aromatic carbocycles. The average Bonchev–Trinajstić information content (AvgIpc) is 3.45. The van der Waals surface area contributed by atoms with E-state index in [2.05, 4.69) is 30.3 Å². The molecule has 0 saturated carbocycles. The summed E-state index contributed by atoms with van der Waals surface area (Å²) in [4.78, 5) is 17.0. The number of tetrazole rings is 1. The first-order chi connectivity index (χ1) is 15.4. The molecule has 0 aliphatic heterocycles. The highest BCUT2D eigenvalue weighted by atomic mass is 35.5. The molecule has 0 atom stereocenters. The molecule has 0 aliphatic carbocycles. The van der Waals surface area contributed by atoms with Crippen LogP contribution in [-0.2, 0) is 16.1 Å². The molecule has 0 N–H and O–H groups in total. The van der Waals surface area contributed by atoms with Crippen molar-refractivity contribution >= 4 is 17.6 Å². The second kappa shape index (κ2) is 9.15. The van der Waals surface area contributed by atoms with Crippen molar-refractivity contribution in [2.24, 2.45) is 0 Å². The van der Waals surface area contributed by atoms with Crippen LogP contribution in [0.15, 0.2) is 47.0 Å². The number of methoxy groups -OCH3 is 1. The highest BCUT2D eigenvalue weighted by Gasteiger charge is 2.15. The van der Waals surface area contributed by atoms with Crippen molar-refractivity contribution in [3.8, 4) is 40.0 Å². The van der Waals surface area contributed by atoms with E-state index in [9.17, 15) is 4.79 Å². The molecular formula is C21H19ClN6O4. The topological polar surface area (TPSA) is 118 Å². The third-order valence-electron chi connectivity index (χ3n) is 4.30. The first-order valence-electron chi connectivity index (χ1n) is 9.68. The fourth-order valence-electron chi connectivity index (χ4n) is 2.84. The molecule has 2 aromatic heterocycles. The number of hydrogen-bond acceptors (Lipinski definition) is 9. The molecule has 0 spiro atoms. The Balaban J connectivity index is 1.56. The van der Waals surface area contributed by atoms with E-state index in [-0.39, 0.29) is 12.6 Å². The first kappa shape index (κ1) is 21.4. The third-order valence-corrected chi connectivity index (χ3v) is 4.59. The molecule has 4 rings (SSSR count). The van der Waals surface area contributed by atoms with Gasteiger partial charge in [0.15, 0.2) is 6.54 Å². The van der Waals surface area contributed by atoms with E-state index in [4.69, 9.17) is 20.9 Å². The van der Waals surface area contributed by atoms with Crippen molar-refractivity contribution in [1.29, 1.82) is 0 Å². The monoisotopic (exact) mass is 454 g/mol. The summed E-state index contributed by atoms with van der Waals surface area (Å²) in [6.45, 7) is 3.73. The number of esters is 1. The van der Waals surface area contributed by atoms with Gasteiger partial charge in [-0.3, -0.25) is 0 Å². The van der Waals surface area contributed by atoms with Crippen molar-refractivity contribution in [2.75, 3.05) is 7.11 Å². The van der Waals surface area contributed by atoms with Crippen LogP contribution in [0.1, 0.15) is 13.8 Å². The average molecular weight is 455 g/mol. The zero-order valence-electron chi connectivity index (χ0n) is 17.5. The van der Waals surface area contributed by atoms with Gasteiger partial charge >= 0.3 is 5.97 Å². The van der Waals surface area contributed by atoms with Crippen LogP contribution < -0.4 is 4.74 Å². The fourth-order valence-corrected chi connectivity index (χ4v) is 3.07. The van der Waals surface area contributed by atoms with Crippen LogP contribution in [0.4, 0.5) is 0 Å². The minimum atomic E-state index is -0.468. The van der Waals surface area contributed by atoms with E-state index in [1.165, 1.54) is 7.11 Å². The van der Waals surface area contributed by atoms with Crippen LogP contribution in [0.25, 0.3) is 34.2 Å². The minimum absolute atomic E-state index is 0.0129. The summed E-state index contributed by atoms with van der Waals surface area (Å²) in [5, 5.41) is 16.6. The van der Waals surface area contributed by atoms with Crippen molar-refractivity contribution in [3.63, 3.8) is 0 Å². The van der Waals surface area contributed by atoms with Gasteiger partial charge in [-0.25, -0.2) is 4.79 Å². The zero-order chi connectivity index (χ0) is 22.7. The quantitative estimate of drug-likeness (QED) is 0.385. The van der Waals surface area contributed by atoms with E-state index >= 15 is 0 Å². The molecule has 0 bridgehead atoms. The summed E-state index contributed by atoms with van der Waals surface area (Å²) in [6, 6.07) is 12.6. The van der Waals surface area contributed by atoms with E-state index in [0.717, 1.165) is 4.80 Å². The minimum Gasteiger partial charge on any atom is -0.489 e. The number of carbonyl (C=O) groups excluding carboxylic acids is 1. The number of nitrogens with zero attached hydrogens (tertiary/aromatic N) is 6. The molecule has 2 heterocycles. The van der Waals surface area contributed by atoms with Crippen LogP contribution in [0, 0.1) is 0 Å². The Hall–Kier alpha value is -3.79. The molecule has 0 saturated heterocycles. The van der Waals surface area contributed by atoms with Gasteiger partial charge in [0.25, 0.3) is 5.89 Å². The Kier molecular flexibility index (Phi) is 6.13. The van der Waals surface area contributed by atoms with Crippen LogP contribution >= 0.6 is 11.6 Å². The maximum Gasteiger partial charge on any atom is 0.329 e. The van der Waals surface area contributed by atoms with E-state index in [1.54, 1.807) is 18.2 Å². The summed E-state index contributed by atoms with van der Waals surface area (Å²) in [5.41, 5.74) is 2.05. The fraction of sp³-hybridized carbons (Fsp3) is 0.238. The molecule has 10 nitrogen and oxygen atoms in total. The smallest absolute Gasteiger partial charge is 0.329 e. The van der Waals surface area contributed by atoms with Crippen LogP contribution in [0.3, 0.4) is 0 Å². The van der Waals surface area contributed by atoms with Gasteiger partial charge in [0.2, 0.25) is 11.6 Å². The van der Waals surface area contributed by atoms with Gasteiger partial charge in [0.1, 0.15) is 5.75 Å². The standard InChI is InChI=1S/C21H19ClN6O4/c1-12(2)31-17-8-7-14(10-16(17)22)19-23-21(32-26-19)15-6-4-5-13(9-15)20-24-27-28(25-20)11-18(29)30-3/h4-10,12H,11H2,1-3H3. The van der Waals surface area contributed by atoms with E-state index in [1.807, 2.05) is 38.1 Å². The van der Waals surface area contributed by atoms with Gasteiger partial charge in [-0.2, -0.15) is 9.78 Å². The summed E-state index contributed by atoms with van der Waals surface area (Å²) < 4.78 is 15.7. The normalized spacial score (nSPS) is 11.0. The highest BCUT2D eigenvalue weighted by molar-refractivity contribution is 6.32. The summed E-state index contributed by atoms with van der Waals surface area (Å²) in [7, 11) is 1.30. The molecule has 4 aromatic rings. The van der Waals surface area contributed by atoms with Crippen molar-refractivity contribution in [1.82, 2.24) is 30.3 Å². The predicted molar refractivity (Wildman–Crippen MR) is 115 cm³/mol. The van der Waals surface area contributed by atoms with Crippen LogP contribution in [0.2, 0.25) is 5.02 Å². The lowest BCUT2D eigenvalue weighted by atomic mass is 10.1. The molecule has 11 heteroatoms. The Morgan fingerprint density at radius 3 is 2.66 bits per heavy atom. The maximum atomic E-state index is 11.4. The molecule has 32 heavy (non-hydrogen) atoms. The van der Waals surface area contributed by atoms with Gasteiger partial charge < -0.3 is 14.0 Å². The Bertz CT molecular complexity index is 1250. The second-order valence-corrected chi connectivity index (χ2v) is 7.44. The Morgan fingerprint density at radius 1 is 1.12 bits per heavy atom. The molecule has 0 aliphatic rings. The van der Waals surface area contributed by atoms with Gasteiger partial charge in [0, 0.05) is 16.7 Å². The highest BCUT2D eigenvalue weighted by Crippen LogP contribution is 2.31. The first-order valence-corrected chi connectivity index (χ1v) is 10.1.